The second kappa shape index (κ2) is 6.00. The van der Waals surface area contributed by atoms with Crippen molar-refractivity contribution in [2.45, 2.75) is 26.7 Å². The highest BCUT2D eigenvalue weighted by atomic mass is 32.1. The number of aliphatic imine (C=N–C) groups is 1. The van der Waals surface area contributed by atoms with Gasteiger partial charge >= 0.3 is 5.97 Å². The number of hydrogen-bond acceptors (Lipinski definition) is 6. The van der Waals surface area contributed by atoms with Gasteiger partial charge in [0.05, 0.1) is 12.3 Å². The summed E-state index contributed by atoms with van der Waals surface area (Å²) in [5, 5.41) is 2.83. The third-order valence-corrected chi connectivity index (χ3v) is 3.69. The second-order valence-electron chi connectivity index (χ2n) is 4.39. The molecule has 1 aromatic rings. The SMILES string of the molecule is CCOC(=O)c1sc(N=C(N)NC(=O)C2CC2)nc1C. The van der Waals surface area contributed by atoms with E-state index in [0.717, 1.165) is 24.2 Å². The molecule has 0 aromatic carbocycles. The van der Waals surface area contributed by atoms with Crippen molar-refractivity contribution in [2.24, 2.45) is 16.6 Å². The van der Waals surface area contributed by atoms with Crippen LogP contribution < -0.4 is 11.1 Å². The lowest BCUT2D eigenvalue weighted by molar-refractivity contribution is -0.120. The first-order valence-electron chi connectivity index (χ1n) is 6.30. The lowest BCUT2D eigenvalue weighted by Crippen LogP contribution is -2.37. The summed E-state index contributed by atoms with van der Waals surface area (Å²) in [6.45, 7) is 3.73. The summed E-state index contributed by atoms with van der Waals surface area (Å²) in [5.74, 6) is -0.502. The number of carbonyl (C=O) groups excluding carboxylic acids is 2. The fourth-order valence-corrected chi connectivity index (χ4v) is 2.37. The Morgan fingerprint density at radius 3 is 2.85 bits per heavy atom. The minimum absolute atomic E-state index is 0.00828. The smallest absolute Gasteiger partial charge is 0.350 e. The van der Waals surface area contributed by atoms with Gasteiger partial charge in [-0.15, -0.1) is 0 Å². The monoisotopic (exact) mass is 296 g/mol. The maximum Gasteiger partial charge on any atom is 0.350 e. The highest BCUT2D eigenvalue weighted by Gasteiger charge is 2.30. The van der Waals surface area contributed by atoms with Crippen LogP contribution in [0, 0.1) is 12.8 Å². The Morgan fingerprint density at radius 2 is 2.25 bits per heavy atom. The number of aryl methyl sites for hydroxylation is 1. The molecule has 0 aliphatic heterocycles. The van der Waals surface area contributed by atoms with Gasteiger partial charge in [-0.3, -0.25) is 10.1 Å². The highest BCUT2D eigenvalue weighted by Crippen LogP contribution is 2.29. The third kappa shape index (κ3) is 3.53. The number of nitrogens with one attached hydrogen (secondary N) is 1. The van der Waals surface area contributed by atoms with E-state index in [1.165, 1.54) is 0 Å². The standard InChI is InChI=1S/C12H16N4O3S/c1-3-19-10(18)8-6(2)14-12(20-8)16-11(13)15-9(17)7-4-5-7/h7H,3-5H2,1-2H3,(H3,13,14,15,16,17). The number of amides is 1. The Bertz CT molecular complexity index is 563. The van der Waals surface area contributed by atoms with E-state index in [0.29, 0.717) is 22.3 Å². The molecule has 0 bridgehead atoms. The van der Waals surface area contributed by atoms with Crippen LogP contribution in [-0.2, 0) is 9.53 Å². The van der Waals surface area contributed by atoms with Gasteiger partial charge in [0.15, 0.2) is 0 Å². The maximum absolute atomic E-state index is 11.6. The summed E-state index contributed by atoms with van der Waals surface area (Å²) < 4.78 is 4.91. The van der Waals surface area contributed by atoms with Gasteiger partial charge in [0, 0.05) is 5.92 Å². The first-order valence-corrected chi connectivity index (χ1v) is 7.12. The van der Waals surface area contributed by atoms with Crippen molar-refractivity contribution >= 4 is 34.3 Å². The number of nitrogens with zero attached hydrogens (tertiary/aromatic N) is 2. The Kier molecular flexibility index (Phi) is 4.33. The van der Waals surface area contributed by atoms with Crippen molar-refractivity contribution in [1.82, 2.24) is 10.3 Å². The van der Waals surface area contributed by atoms with E-state index in [-0.39, 0.29) is 17.8 Å². The first kappa shape index (κ1) is 14.4. The van der Waals surface area contributed by atoms with E-state index in [1.54, 1.807) is 13.8 Å². The van der Waals surface area contributed by atoms with Gasteiger partial charge < -0.3 is 10.5 Å². The number of guanidine groups is 1. The summed E-state index contributed by atoms with van der Waals surface area (Å²) >= 11 is 1.08. The van der Waals surface area contributed by atoms with Crippen molar-refractivity contribution in [3.8, 4) is 0 Å². The Balaban J connectivity index is 2.06. The van der Waals surface area contributed by atoms with Gasteiger partial charge in [0.2, 0.25) is 17.0 Å². The number of aromatic nitrogens is 1. The molecule has 3 N–H and O–H groups in total. The van der Waals surface area contributed by atoms with E-state index in [1.807, 2.05) is 0 Å². The summed E-state index contributed by atoms with van der Waals surface area (Å²) in [6, 6.07) is 0. The van der Waals surface area contributed by atoms with Crippen LogP contribution in [-0.4, -0.2) is 29.4 Å². The van der Waals surface area contributed by atoms with Crippen molar-refractivity contribution in [1.29, 1.82) is 0 Å². The number of rotatable bonds is 4. The van der Waals surface area contributed by atoms with Gasteiger partial charge in [-0.2, -0.15) is 4.99 Å². The molecule has 0 saturated heterocycles. The number of nitrogens with two attached hydrogens (primary N) is 1. The zero-order chi connectivity index (χ0) is 14.7. The third-order valence-electron chi connectivity index (χ3n) is 2.66. The molecule has 0 radical (unpaired) electrons. The Labute approximate surface area is 120 Å². The average Bonchev–Trinajstić information content (AvgIpc) is 3.14. The average molecular weight is 296 g/mol. The van der Waals surface area contributed by atoms with Crippen molar-refractivity contribution < 1.29 is 14.3 Å². The second-order valence-corrected chi connectivity index (χ2v) is 5.37. The van der Waals surface area contributed by atoms with E-state index < -0.39 is 5.97 Å². The Hall–Kier alpha value is -1.96. The molecular weight excluding hydrogens is 280 g/mol. The van der Waals surface area contributed by atoms with Crippen LogP contribution in [0.15, 0.2) is 4.99 Å². The lowest BCUT2D eigenvalue weighted by atomic mass is 10.4. The van der Waals surface area contributed by atoms with E-state index in [2.05, 4.69) is 15.3 Å². The van der Waals surface area contributed by atoms with Crippen LogP contribution >= 0.6 is 11.3 Å². The normalized spacial score (nSPS) is 15.0. The lowest BCUT2D eigenvalue weighted by Gasteiger charge is -2.00. The number of carbonyl (C=O) groups is 2. The summed E-state index contributed by atoms with van der Waals surface area (Å²) in [6.07, 6.45) is 1.78. The largest absolute Gasteiger partial charge is 0.462 e. The zero-order valence-electron chi connectivity index (χ0n) is 11.3. The van der Waals surface area contributed by atoms with Crippen molar-refractivity contribution in [3.63, 3.8) is 0 Å². The molecule has 0 unspecified atom stereocenters. The Morgan fingerprint density at radius 1 is 1.55 bits per heavy atom. The first-order chi connectivity index (χ1) is 9.51. The van der Waals surface area contributed by atoms with Crippen LogP contribution in [0.3, 0.4) is 0 Å². The summed E-state index contributed by atoms with van der Waals surface area (Å²) in [7, 11) is 0. The molecule has 108 valence electrons. The molecule has 20 heavy (non-hydrogen) atoms. The maximum atomic E-state index is 11.6. The van der Waals surface area contributed by atoms with Gasteiger partial charge in [0.1, 0.15) is 4.88 Å². The molecule has 0 spiro atoms. The summed E-state index contributed by atoms with van der Waals surface area (Å²) in [5.41, 5.74) is 6.17. The molecule has 0 atom stereocenters. The zero-order valence-corrected chi connectivity index (χ0v) is 12.1. The van der Waals surface area contributed by atoms with Gasteiger partial charge in [0.25, 0.3) is 0 Å². The van der Waals surface area contributed by atoms with Crippen LogP contribution in [0.4, 0.5) is 5.13 Å². The van der Waals surface area contributed by atoms with Gasteiger partial charge in [-0.05, 0) is 26.7 Å². The number of ether oxygens (including phenoxy) is 1. The predicted octanol–water partition coefficient (Wildman–Crippen LogP) is 1.10. The van der Waals surface area contributed by atoms with E-state index in [9.17, 15) is 9.59 Å². The summed E-state index contributed by atoms with van der Waals surface area (Å²) in [4.78, 5) is 31.7. The van der Waals surface area contributed by atoms with E-state index >= 15 is 0 Å². The van der Waals surface area contributed by atoms with Crippen LogP contribution in [0.1, 0.15) is 35.1 Å². The van der Waals surface area contributed by atoms with Gasteiger partial charge in [-0.1, -0.05) is 11.3 Å². The molecule has 7 nitrogen and oxygen atoms in total. The minimum atomic E-state index is -0.426. The molecule has 1 aliphatic rings. The number of hydrogen-bond donors (Lipinski definition) is 2. The molecule has 1 fully saturated rings. The fourth-order valence-electron chi connectivity index (χ4n) is 1.52. The quantitative estimate of drug-likeness (QED) is 0.491. The number of thiazole rings is 1. The molecule has 2 rings (SSSR count). The predicted molar refractivity (Wildman–Crippen MR) is 75.0 cm³/mol. The molecule has 1 amide bonds. The van der Waals surface area contributed by atoms with Gasteiger partial charge in [-0.25, -0.2) is 9.78 Å². The number of esters is 1. The fraction of sp³-hybridized carbons (Fsp3) is 0.500. The van der Waals surface area contributed by atoms with Crippen molar-refractivity contribution in [3.05, 3.63) is 10.6 Å². The molecule has 1 aliphatic carbocycles. The van der Waals surface area contributed by atoms with Crippen molar-refractivity contribution in [2.75, 3.05) is 6.61 Å². The van der Waals surface area contributed by atoms with Crippen LogP contribution in [0.5, 0.6) is 0 Å². The molecule has 1 heterocycles. The molecule has 1 aromatic heterocycles. The van der Waals surface area contributed by atoms with Crippen LogP contribution in [0.25, 0.3) is 0 Å². The topological polar surface area (TPSA) is 107 Å². The molecule has 1 saturated carbocycles. The molecule has 8 heteroatoms. The molecular formula is C12H16N4O3S. The minimum Gasteiger partial charge on any atom is -0.462 e. The van der Waals surface area contributed by atoms with Crippen LogP contribution in [0.2, 0.25) is 0 Å². The highest BCUT2D eigenvalue weighted by molar-refractivity contribution is 7.17. The van der Waals surface area contributed by atoms with E-state index in [4.69, 9.17) is 10.5 Å².